The smallest absolute Gasteiger partial charge is 1.00 e. The Bertz CT molecular complexity index is 341. The van der Waals surface area contributed by atoms with E-state index in [1.165, 1.54) is 46.5 Å². The monoisotopic (exact) mass is 360 g/mol. The van der Waals surface area contributed by atoms with Crippen molar-refractivity contribution in [3.63, 3.8) is 0 Å². The van der Waals surface area contributed by atoms with Crippen LogP contribution in [0.5, 0.6) is 0 Å². The molecule has 2 rings (SSSR count). The van der Waals surface area contributed by atoms with E-state index >= 15 is 0 Å². The largest absolute Gasteiger partial charge is 1.00 e. The first-order chi connectivity index (χ1) is 7.61. The Hall–Kier alpha value is 0.293. The Morgan fingerprint density at radius 3 is 1.72 bits per heavy atom. The van der Waals surface area contributed by atoms with Gasteiger partial charge < -0.3 is 24.8 Å². The van der Waals surface area contributed by atoms with E-state index in [0.717, 1.165) is 12.8 Å². The maximum Gasteiger partial charge on any atom is -1.00 e. The molecule has 3 heteroatoms. The number of hydrogen-bond acceptors (Lipinski definition) is 0. The Morgan fingerprint density at radius 2 is 1.61 bits per heavy atom. The van der Waals surface area contributed by atoms with E-state index in [4.69, 9.17) is 0 Å². The fraction of sp³-hybridized carbons (Fsp3) is 0.400. The molecule has 100 valence electrons. The third-order valence-electron chi connectivity index (χ3n) is 2.69. The van der Waals surface area contributed by atoms with Crippen molar-refractivity contribution >= 4 is 4.21 Å². The van der Waals surface area contributed by atoms with Gasteiger partial charge in [-0.25, -0.2) is 17.2 Å². The van der Waals surface area contributed by atoms with Crippen LogP contribution >= 0.6 is 0 Å². The number of rotatable bonds is 0. The molecule has 0 aromatic carbocycles. The van der Waals surface area contributed by atoms with Crippen molar-refractivity contribution in [1.29, 1.82) is 0 Å². The normalized spacial score (nSPS) is 15.2. The molecule has 0 radical (unpaired) electrons. The molecule has 0 spiro atoms. The molecule has 0 saturated carbocycles. The second-order valence-corrected chi connectivity index (χ2v) is 3.85. The summed E-state index contributed by atoms with van der Waals surface area (Å²) >= 11 is 1.30. The fourth-order valence-corrected chi connectivity index (χ4v) is 1.36. The summed E-state index contributed by atoms with van der Waals surface area (Å²) in [4.78, 5) is 0. The minimum atomic E-state index is 0. The van der Waals surface area contributed by atoms with Crippen molar-refractivity contribution in [2.75, 3.05) is 0 Å². The SMILES string of the molecule is CC1=[C-]CC(C)=C1C.CC1=[C-]CC=C1.[CH2]=[Zr+2].[Cl-].[Cl-]. The number of halogens is 2. The van der Waals surface area contributed by atoms with Gasteiger partial charge in [0.25, 0.3) is 0 Å². The Labute approximate surface area is 139 Å². The van der Waals surface area contributed by atoms with Crippen molar-refractivity contribution < 1.29 is 49.0 Å². The van der Waals surface area contributed by atoms with E-state index in [1.807, 2.05) is 0 Å². The molecule has 0 bridgehead atoms. The Kier molecular flexibility index (Phi) is 17.8. The van der Waals surface area contributed by atoms with Crippen LogP contribution in [0.25, 0.3) is 0 Å². The van der Waals surface area contributed by atoms with Gasteiger partial charge in [-0.15, -0.1) is 19.8 Å². The van der Waals surface area contributed by atoms with Gasteiger partial charge in [0, 0.05) is 0 Å². The molecule has 0 amide bonds. The molecule has 0 aliphatic heterocycles. The first kappa shape index (κ1) is 23.4. The summed E-state index contributed by atoms with van der Waals surface area (Å²) in [7, 11) is 0. The van der Waals surface area contributed by atoms with Gasteiger partial charge >= 0.3 is 28.4 Å². The maximum atomic E-state index is 3.34. The van der Waals surface area contributed by atoms with Gasteiger partial charge in [0.2, 0.25) is 0 Å². The van der Waals surface area contributed by atoms with Crippen LogP contribution in [0.3, 0.4) is 0 Å². The van der Waals surface area contributed by atoms with Gasteiger partial charge in [-0.05, 0) is 0 Å². The zero-order valence-corrected chi connectivity index (χ0v) is 15.5. The molecule has 0 aromatic heterocycles. The summed E-state index contributed by atoms with van der Waals surface area (Å²) in [5.41, 5.74) is 5.52. The summed E-state index contributed by atoms with van der Waals surface area (Å²) < 4.78 is 3.34. The minimum absolute atomic E-state index is 0. The van der Waals surface area contributed by atoms with E-state index in [-0.39, 0.29) is 24.8 Å². The van der Waals surface area contributed by atoms with Gasteiger partial charge in [-0.1, -0.05) is 20.8 Å². The van der Waals surface area contributed by atoms with Crippen LogP contribution in [0.1, 0.15) is 40.5 Å². The van der Waals surface area contributed by atoms with Gasteiger partial charge in [0.05, 0.1) is 0 Å². The molecule has 0 N–H and O–H groups in total. The van der Waals surface area contributed by atoms with Crippen LogP contribution in [0.2, 0.25) is 0 Å². The van der Waals surface area contributed by atoms with Crippen molar-refractivity contribution in [3.05, 3.63) is 46.6 Å². The first-order valence-electron chi connectivity index (χ1n) is 5.44. The zero-order valence-electron chi connectivity index (χ0n) is 11.5. The van der Waals surface area contributed by atoms with Crippen molar-refractivity contribution in [2.24, 2.45) is 0 Å². The minimum Gasteiger partial charge on any atom is -1.00 e. The summed E-state index contributed by atoms with van der Waals surface area (Å²) in [5.74, 6) is 0. The van der Waals surface area contributed by atoms with Crippen LogP contribution in [0.15, 0.2) is 34.4 Å². The molecule has 2 aliphatic carbocycles. The molecule has 0 fully saturated rings. The summed E-state index contributed by atoms with van der Waals surface area (Å²) in [6.45, 7) is 8.50. The van der Waals surface area contributed by atoms with E-state index < -0.39 is 0 Å². The molecule has 0 aromatic rings. The van der Waals surface area contributed by atoms with Crippen LogP contribution in [-0.4, -0.2) is 4.21 Å². The van der Waals surface area contributed by atoms with Gasteiger partial charge in [0.15, 0.2) is 0 Å². The van der Waals surface area contributed by atoms with Crippen LogP contribution in [-0.2, 0) is 24.2 Å². The van der Waals surface area contributed by atoms with Crippen LogP contribution in [0.4, 0.5) is 0 Å². The summed E-state index contributed by atoms with van der Waals surface area (Å²) in [6.07, 6.45) is 12.6. The molecular weight excluding hydrogens is 342 g/mol. The van der Waals surface area contributed by atoms with Crippen LogP contribution < -0.4 is 24.8 Å². The van der Waals surface area contributed by atoms with Gasteiger partial charge in [-0.2, -0.15) is 17.2 Å². The second kappa shape index (κ2) is 13.7. The molecule has 0 atom stereocenters. The Morgan fingerprint density at radius 1 is 1.06 bits per heavy atom. The third kappa shape index (κ3) is 9.25. The molecule has 0 saturated heterocycles. The standard InChI is InChI=1S/C8H11.C6H7.CH2.2ClH.Zr/c1-6-4-5-7(2)8(6)3;1-6-4-2-3-5-6;;;;/h4H2,1-3H3;2,4H,3H2,1H3;1H2;2*1H;/q2*-1;;;;+2/p-2. The predicted octanol–water partition coefficient (Wildman–Crippen LogP) is -1.86. The van der Waals surface area contributed by atoms with E-state index in [9.17, 15) is 0 Å². The molecule has 18 heavy (non-hydrogen) atoms. The van der Waals surface area contributed by atoms with Crippen molar-refractivity contribution in [1.82, 2.24) is 0 Å². The van der Waals surface area contributed by atoms with Gasteiger partial charge in [0.1, 0.15) is 0 Å². The molecule has 0 heterocycles. The molecule has 0 unspecified atom stereocenters. The number of hydrogen-bond donors (Lipinski definition) is 0. The predicted molar refractivity (Wildman–Crippen MR) is 68.7 cm³/mol. The second-order valence-electron chi connectivity index (χ2n) is 3.85. The third-order valence-corrected chi connectivity index (χ3v) is 2.69. The quantitative estimate of drug-likeness (QED) is 0.444. The van der Waals surface area contributed by atoms with Crippen molar-refractivity contribution in [3.8, 4) is 0 Å². The van der Waals surface area contributed by atoms with E-state index in [1.54, 1.807) is 0 Å². The maximum absolute atomic E-state index is 3.34. The summed E-state index contributed by atoms with van der Waals surface area (Å²) in [6, 6.07) is 0. The molecular formula is C15H20Cl2Zr-2. The van der Waals surface area contributed by atoms with E-state index in [0.29, 0.717) is 0 Å². The van der Waals surface area contributed by atoms with Gasteiger partial charge in [-0.3, -0.25) is 12.2 Å². The first-order valence-corrected chi connectivity index (χ1v) is 7.18. The van der Waals surface area contributed by atoms with E-state index in [2.05, 4.69) is 56.2 Å². The number of allylic oxidation sites excluding steroid dienone is 8. The average Bonchev–Trinajstić information content (AvgIpc) is 2.88. The average molecular weight is 362 g/mol. The summed E-state index contributed by atoms with van der Waals surface area (Å²) in [5, 5.41) is 0. The zero-order chi connectivity index (χ0) is 12.6. The topological polar surface area (TPSA) is 0 Å². The van der Waals surface area contributed by atoms with Crippen LogP contribution in [0, 0.1) is 12.2 Å². The van der Waals surface area contributed by atoms with Crippen molar-refractivity contribution in [2.45, 2.75) is 40.5 Å². The molecule has 0 nitrogen and oxygen atoms in total. The molecule has 2 aliphatic rings. The fourth-order valence-electron chi connectivity index (χ4n) is 1.36. The Balaban J connectivity index is -0.000000204.